The molecule has 1 N–H and O–H groups in total. The largest absolute Gasteiger partial charge is 0.480 e. The third-order valence-corrected chi connectivity index (χ3v) is 4.48. The summed E-state index contributed by atoms with van der Waals surface area (Å²) in [5.41, 5.74) is 3.47. The molecule has 6 nitrogen and oxygen atoms in total. The van der Waals surface area contributed by atoms with Crippen molar-refractivity contribution < 1.29 is 14.1 Å². The number of rotatable bonds is 4. The van der Waals surface area contributed by atoms with Gasteiger partial charge in [0.25, 0.3) is 5.91 Å². The maximum Gasteiger partial charge on any atom is 0.261 e. The number of aryl methyl sites for hydroxylation is 2. The number of nitrogens with one attached hydrogen (secondary N) is 1. The van der Waals surface area contributed by atoms with Crippen molar-refractivity contribution in [1.29, 1.82) is 0 Å². The highest BCUT2D eigenvalue weighted by Gasteiger charge is 2.31. The van der Waals surface area contributed by atoms with Gasteiger partial charge in [0, 0.05) is 12.3 Å². The lowest BCUT2D eigenvalue weighted by molar-refractivity contribution is -0.127. The summed E-state index contributed by atoms with van der Waals surface area (Å²) in [6.07, 6.45) is 2.35. The van der Waals surface area contributed by atoms with Gasteiger partial charge < -0.3 is 14.6 Å². The lowest BCUT2D eigenvalue weighted by Gasteiger charge is -2.10. The minimum Gasteiger partial charge on any atom is -0.480 e. The van der Waals surface area contributed by atoms with Crippen molar-refractivity contribution in [3.05, 3.63) is 40.5 Å². The van der Waals surface area contributed by atoms with Gasteiger partial charge in [-0.05, 0) is 49.4 Å². The van der Waals surface area contributed by atoms with Crippen molar-refractivity contribution >= 4 is 5.91 Å². The van der Waals surface area contributed by atoms with Gasteiger partial charge in [-0.25, -0.2) is 0 Å². The van der Waals surface area contributed by atoms with Crippen molar-refractivity contribution in [2.75, 3.05) is 0 Å². The summed E-state index contributed by atoms with van der Waals surface area (Å²) in [4.78, 5) is 16.6. The molecule has 1 atom stereocenters. The Hall–Kier alpha value is -2.37. The van der Waals surface area contributed by atoms with Crippen LogP contribution in [0.4, 0.5) is 0 Å². The van der Waals surface area contributed by atoms with Crippen LogP contribution in [0.15, 0.2) is 16.7 Å². The Bertz CT molecular complexity index is 733. The number of hydrogen-bond donors (Lipinski definition) is 1. The van der Waals surface area contributed by atoms with E-state index in [4.69, 9.17) is 9.26 Å². The van der Waals surface area contributed by atoms with Gasteiger partial charge in [0.15, 0.2) is 11.9 Å². The number of fused-ring (bicyclic) bond motifs is 1. The molecular formula is C17H19N3O3. The van der Waals surface area contributed by atoms with Crippen LogP contribution < -0.4 is 10.1 Å². The van der Waals surface area contributed by atoms with Crippen molar-refractivity contribution in [1.82, 2.24) is 15.5 Å². The van der Waals surface area contributed by atoms with Crippen molar-refractivity contribution in [2.45, 2.75) is 51.7 Å². The second-order valence-corrected chi connectivity index (χ2v) is 6.39. The zero-order valence-corrected chi connectivity index (χ0v) is 13.3. The van der Waals surface area contributed by atoms with Crippen molar-refractivity contribution in [3.63, 3.8) is 0 Å². The maximum absolute atomic E-state index is 12.3. The van der Waals surface area contributed by atoms with Gasteiger partial charge in [0.05, 0.1) is 6.54 Å². The summed E-state index contributed by atoms with van der Waals surface area (Å²) in [6.45, 7) is 4.35. The lowest BCUT2D eigenvalue weighted by atomic mass is 10.0. The fourth-order valence-corrected chi connectivity index (χ4v) is 2.78. The number of benzene rings is 1. The van der Waals surface area contributed by atoms with Crippen molar-refractivity contribution in [3.8, 4) is 5.75 Å². The molecule has 0 bridgehead atoms. The molecule has 1 aromatic carbocycles. The van der Waals surface area contributed by atoms with Crippen LogP contribution in [-0.4, -0.2) is 22.2 Å². The summed E-state index contributed by atoms with van der Waals surface area (Å²) < 4.78 is 10.9. The zero-order valence-electron chi connectivity index (χ0n) is 13.3. The Labute approximate surface area is 134 Å². The van der Waals surface area contributed by atoms with E-state index in [0.29, 0.717) is 18.2 Å². The first-order chi connectivity index (χ1) is 11.1. The van der Waals surface area contributed by atoms with Crippen LogP contribution in [0.25, 0.3) is 0 Å². The average molecular weight is 313 g/mol. The first kappa shape index (κ1) is 14.2. The predicted octanol–water partition coefficient (Wildman–Crippen LogP) is 2.18. The summed E-state index contributed by atoms with van der Waals surface area (Å²) in [5, 5.41) is 6.75. The molecule has 1 amide bonds. The van der Waals surface area contributed by atoms with Crippen LogP contribution in [-0.2, 0) is 17.8 Å². The second-order valence-electron chi connectivity index (χ2n) is 6.39. The van der Waals surface area contributed by atoms with Crippen LogP contribution in [0.2, 0.25) is 0 Å². The van der Waals surface area contributed by atoms with Gasteiger partial charge in [0.2, 0.25) is 5.89 Å². The highest BCUT2D eigenvalue weighted by atomic mass is 16.5. The smallest absolute Gasteiger partial charge is 0.261 e. The predicted molar refractivity (Wildman–Crippen MR) is 82.2 cm³/mol. The van der Waals surface area contributed by atoms with Gasteiger partial charge in [-0.1, -0.05) is 11.2 Å². The molecule has 2 heterocycles. The molecule has 6 heteroatoms. The normalized spacial score (nSPS) is 19.3. The molecule has 0 spiro atoms. The molecule has 120 valence electrons. The number of carbonyl (C=O) groups excluding carboxylic acids is 1. The first-order valence-electron chi connectivity index (χ1n) is 7.97. The molecule has 0 saturated heterocycles. The number of aromatic nitrogens is 2. The van der Waals surface area contributed by atoms with E-state index in [1.54, 1.807) is 0 Å². The number of nitrogens with zero attached hydrogens (tertiary/aromatic N) is 2. The fourth-order valence-electron chi connectivity index (χ4n) is 2.78. The minimum atomic E-state index is -0.489. The molecule has 1 aromatic heterocycles. The highest BCUT2D eigenvalue weighted by Crippen LogP contribution is 2.38. The van der Waals surface area contributed by atoms with E-state index in [1.165, 1.54) is 11.1 Å². The van der Waals surface area contributed by atoms with Gasteiger partial charge in [-0.3, -0.25) is 4.79 Å². The lowest BCUT2D eigenvalue weighted by Crippen LogP contribution is -2.37. The number of ether oxygens (including phenoxy) is 1. The Morgan fingerprint density at radius 1 is 1.30 bits per heavy atom. The monoisotopic (exact) mass is 313 g/mol. The van der Waals surface area contributed by atoms with Gasteiger partial charge in [-0.2, -0.15) is 4.98 Å². The SMILES string of the molecule is Cc1cc2c(cc1C)OC(C(=O)NCc1nc(C3CC3)no1)C2. The highest BCUT2D eigenvalue weighted by molar-refractivity contribution is 5.82. The maximum atomic E-state index is 12.3. The van der Waals surface area contributed by atoms with Crippen LogP contribution in [0.1, 0.15) is 47.2 Å². The van der Waals surface area contributed by atoms with E-state index < -0.39 is 6.10 Å². The third-order valence-electron chi connectivity index (χ3n) is 4.48. The van der Waals surface area contributed by atoms with E-state index >= 15 is 0 Å². The van der Waals surface area contributed by atoms with Crippen LogP contribution in [0.5, 0.6) is 5.75 Å². The zero-order chi connectivity index (χ0) is 16.0. The molecule has 1 unspecified atom stereocenters. The molecule has 0 radical (unpaired) electrons. The quantitative estimate of drug-likeness (QED) is 0.936. The van der Waals surface area contributed by atoms with E-state index in [1.807, 2.05) is 13.0 Å². The number of carbonyl (C=O) groups is 1. The number of amides is 1. The topological polar surface area (TPSA) is 77.2 Å². The molecule has 2 aromatic rings. The Balaban J connectivity index is 1.36. The minimum absolute atomic E-state index is 0.150. The molecule has 4 rings (SSSR count). The Morgan fingerprint density at radius 3 is 2.87 bits per heavy atom. The molecule has 1 saturated carbocycles. The summed E-state index contributed by atoms with van der Waals surface area (Å²) in [6, 6.07) is 4.09. The summed E-state index contributed by atoms with van der Waals surface area (Å²) in [7, 11) is 0. The fraction of sp³-hybridized carbons (Fsp3) is 0.471. The molecule has 2 aliphatic rings. The molecule has 23 heavy (non-hydrogen) atoms. The van der Waals surface area contributed by atoms with Crippen LogP contribution in [0.3, 0.4) is 0 Å². The second kappa shape index (κ2) is 5.37. The Kier molecular flexibility index (Phi) is 3.32. The Morgan fingerprint density at radius 2 is 2.09 bits per heavy atom. The van der Waals surface area contributed by atoms with Gasteiger partial charge >= 0.3 is 0 Å². The first-order valence-corrected chi connectivity index (χ1v) is 7.97. The van der Waals surface area contributed by atoms with Crippen LogP contribution in [0, 0.1) is 13.8 Å². The standard InChI is InChI=1S/C17H19N3O3/c1-9-5-12-7-14(22-13(12)6-10(9)2)17(21)18-8-15-19-16(20-23-15)11-3-4-11/h5-6,11,14H,3-4,7-8H2,1-2H3,(H,18,21). The molecule has 1 aliphatic carbocycles. The third kappa shape index (κ3) is 2.81. The molecular weight excluding hydrogens is 294 g/mol. The average Bonchev–Trinajstić information content (AvgIpc) is 3.13. The van der Waals surface area contributed by atoms with E-state index in [-0.39, 0.29) is 12.5 Å². The molecule has 1 fully saturated rings. The van der Waals surface area contributed by atoms with Crippen LogP contribution >= 0.6 is 0 Å². The van der Waals surface area contributed by atoms with E-state index in [9.17, 15) is 4.79 Å². The van der Waals surface area contributed by atoms with Gasteiger partial charge in [0.1, 0.15) is 5.75 Å². The van der Waals surface area contributed by atoms with E-state index in [0.717, 1.165) is 30.0 Å². The molecule has 1 aliphatic heterocycles. The van der Waals surface area contributed by atoms with E-state index in [2.05, 4.69) is 28.4 Å². The van der Waals surface area contributed by atoms with Gasteiger partial charge in [-0.15, -0.1) is 0 Å². The van der Waals surface area contributed by atoms with Crippen molar-refractivity contribution in [2.24, 2.45) is 0 Å². The number of hydrogen-bond acceptors (Lipinski definition) is 5. The summed E-state index contributed by atoms with van der Waals surface area (Å²) >= 11 is 0. The summed E-state index contributed by atoms with van der Waals surface area (Å²) in [5.74, 6) is 2.30.